The van der Waals surface area contributed by atoms with Gasteiger partial charge in [-0.2, -0.15) is 0 Å². The van der Waals surface area contributed by atoms with E-state index < -0.39 is 0 Å². The highest BCUT2D eigenvalue weighted by atomic mass is 16.3. The largest absolute Gasteiger partial charge is 0.456 e. The Morgan fingerprint density at radius 2 is 0.661 bits per heavy atom. The van der Waals surface area contributed by atoms with Gasteiger partial charge in [-0.3, -0.25) is 0 Å². The van der Waals surface area contributed by atoms with E-state index in [0.717, 1.165) is 105 Å². The van der Waals surface area contributed by atoms with Crippen molar-refractivity contribution in [1.82, 2.24) is 9.97 Å². The summed E-state index contributed by atoms with van der Waals surface area (Å²) in [5.41, 5.74) is 15.0. The molecule has 4 heteroatoms. The van der Waals surface area contributed by atoms with Crippen LogP contribution in [0.25, 0.3) is 111 Å². The van der Waals surface area contributed by atoms with E-state index in [1.165, 1.54) is 0 Å². The van der Waals surface area contributed by atoms with Crippen LogP contribution in [-0.2, 0) is 0 Å². The van der Waals surface area contributed by atoms with E-state index in [2.05, 4.69) is 152 Å². The Hall–Kier alpha value is -7.56. The second-order valence-corrected chi connectivity index (χ2v) is 14.2. The minimum atomic E-state index is 0.678. The fourth-order valence-corrected chi connectivity index (χ4v) is 7.84. The maximum atomic E-state index is 6.18. The minimum Gasteiger partial charge on any atom is -0.456 e. The first-order valence-corrected chi connectivity index (χ1v) is 18.8. The Morgan fingerprint density at radius 3 is 1.27 bits per heavy atom. The van der Waals surface area contributed by atoms with Gasteiger partial charge in [0.15, 0.2) is 5.82 Å². The van der Waals surface area contributed by atoms with Gasteiger partial charge in [-0.25, -0.2) is 9.97 Å². The molecule has 3 aromatic heterocycles. The fraction of sp³-hybridized carbons (Fsp3) is 0. The molecule has 262 valence electrons. The molecule has 0 saturated carbocycles. The number of furan rings is 2. The van der Waals surface area contributed by atoms with Gasteiger partial charge in [0.05, 0.1) is 11.4 Å². The molecule has 0 aliphatic carbocycles. The summed E-state index contributed by atoms with van der Waals surface area (Å²) in [7, 11) is 0. The number of para-hydroxylation sites is 2. The summed E-state index contributed by atoms with van der Waals surface area (Å²) in [5, 5.41) is 4.45. The lowest BCUT2D eigenvalue weighted by Gasteiger charge is -2.13. The van der Waals surface area contributed by atoms with Crippen LogP contribution in [0.1, 0.15) is 0 Å². The normalized spacial score (nSPS) is 11.6. The summed E-state index contributed by atoms with van der Waals surface area (Å²) in [6.45, 7) is 0. The number of nitrogens with zero attached hydrogens (tertiary/aromatic N) is 2. The molecule has 0 aliphatic heterocycles. The van der Waals surface area contributed by atoms with Crippen LogP contribution in [0.4, 0.5) is 0 Å². The van der Waals surface area contributed by atoms with Crippen molar-refractivity contribution in [2.75, 3.05) is 0 Å². The summed E-state index contributed by atoms with van der Waals surface area (Å²) in [6, 6.07) is 67.6. The quantitative estimate of drug-likeness (QED) is 0.172. The van der Waals surface area contributed by atoms with Crippen molar-refractivity contribution in [2.24, 2.45) is 0 Å². The summed E-state index contributed by atoms with van der Waals surface area (Å²) in [6.07, 6.45) is 0. The summed E-state index contributed by atoms with van der Waals surface area (Å²) >= 11 is 0. The predicted octanol–water partition coefficient (Wildman–Crippen LogP) is 14.3. The third kappa shape index (κ3) is 5.64. The molecule has 3 heterocycles. The highest BCUT2D eigenvalue weighted by Gasteiger charge is 2.16. The van der Waals surface area contributed by atoms with E-state index in [1.807, 2.05) is 42.5 Å². The van der Waals surface area contributed by atoms with Crippen LogP contribution < -0.4 is 0 Å². The number of fused-ring (bicyclic) bond motifs is 6. The Balaban J connectivity index is 1.05. The average molecular weight is 717 g/mol. The Labute approximate surface area is 323 Å². The molecular weight excluding hydrogens is 685 g/mol. The Kier molecular flexibility index (Phi) is 7.46. The zero-order chi connectivity index (χ0) is 37.0. The second kappa shape index (κ2) is 13.1. The standard InChI is InChI=1S/C52H32N2O2/c1-3-11-33(12-4-1)39-27-40(38-24-26-51-45(31-38)43-16-8-10-18-49(43)56-51)29-41(28-39)47-32-46(53-52(54-47)36-13-5-2-6-14-36)35-21-19-34(20-22-35)37-23-25-50-44(30-37)42-15-7-9-17-48(42)55-50/h1-32H. The minimum absolute atomic E-state index is 0.678. The molecule has 0 unspecified atom stereocenters. The number of hydrogen-bond acceptors (Lipinski definition) is 4. The molecule has 0 radical (unpaired) electrons. The Bertz CT molecular complexity index is 3230. The van der Waals surface area contributed by atoms with Crippen molar-refractivity contribution >= 4 is 43.9 Å². The van der Waals surface area contributed by atoms with E-state index in [4.69, 9.17) is 18.8 Å². The number of aromatic nitrogens is 2. The van der Waals surface area contributed by atoms with Crippen LogP contribution in [0.3, 0.4) is 0 Å². The molecule has 0 spiro atoms. The zero-order valence-corrected chi connectivity index (χ0v) is 30.2. The second-order valence-electron chi connectivity index (χ2n) is 14.2. The van der Waals surface area contributed by atoms with Crippen molar-refractivity contribution in [3.8, 4) is 67.3 Å². The maximum Gasteiger partial charge on any atom is 0.160 e. The molecule has 0 atom stereocenters. The van der Waals surface area contributed by atoms with Crippen molar-refractivity contribution in [3.05, 3.63) is 194 Å². The first-order valence-electron chi connectivity index (χ1n) is 18.8. The molecular formula is C52H32N2O2. The highest BCUT2D eigenvalue weighted by molar-refractivity contribution is 6.07. The lowest BCUT2D eigenvalue weighted by molar-refractivity contribution is 0.668. The molecule has 0 amide bonds. The third-order valence-electron chi connectivity index (χ3n) is 10.7. The van der Waals surface area contributed by atoms with Crippen molar-refractivity contribution in [2.45, 2.75) is 0 Å². The van der Waals surface area contributed by atoms with Crippen molar-refractivity contribution in [1.29, 1.82) is 0 Å². The average Bonchev–Trinajstić information content (AvgIpc) is 3.84. The lowest BCUT2D eigenvalue weighted by Crippen LogP contribution is -1.96. The van der Waals surface area contributed by atoms with Gasteiger partial charge in [0.25, 0.3) is 0 Å². The summed E-state index contributed by atoms with van der Waals surface area (Å²) in [5.74, 6) is 0.678. The Morgan fingerprint density at radius 1 is 0.250 bits per heavy atom. The van der Waals surface area contributed by atoms with Crippen LogP contribution in [0.15, 0.2) is 203 Å². The molecule has 56 heavy (non-hydrogen) atoms. The molecule has 4 nitrogen and oxygen atoms in total. The molecule has 0 N–H and O–H groups in total. The smallest absolute Gasteiger partial charge is 0.160 e. The molecule has 8 aromatic carbocycles. The van der Waals surface area contributed by atoms with Crippen molar-refractivity contribution < 1.29 is 8.83 Å². The zero-order valence-electron chi connectivity index (χ0n) is 30.2. The molecule has 11 aromatic rings. The van der Waals surface area contributed by atoms with Gasteiger partial charge in [0.1, 0.15) is 22.3 Å². The van der Waals surface area contributed by atoms with E-state index >= 15 is 0 Å². The predicted molar refractivity (Wildman–Crippen MR) is 229 cm³/mol. The van der Waals surface area contributed by atoms with Gasteiger partial charge in [0, 0.05) is 38.2 Å². The lowest BCUT2D eigenvalue weighted by atomic mass is 9.94. The first-order chi connectivity index (χ1) is 27.7. The van der Waals surface area contributed by atoms with Gasteiger partial charge in [0.2, 0.25) is 0 Å². The van der Waals surface area contributed by atoms with Crippen LogP contribution in [-0.4, -0.2) is 9.97 Å². The highest BCUT2D eigenvalue weighted by Crippen LogP contribution is 2.38. The molecule has 0 aliphatic rings. The number of rotatable bonds is 6. The molecule has 0 fully saturated rings. The number of hydrogen-bond donors (Lipinski definition) is 0. The SMILES string of the molecule is c1ccc(-c2cc(-c3ccc4oc5ccccc5c4c3)cc(-c3cc(-c4ccc(-c5ccc6oc7ccccc7c6c5)cc4)nc(-c4ccccc4)n3)c2)cc1. The van der Waals surface area contributed by atoms with E-state index in [9.17, 15) is 0 Å². The number of benzene rings is 8. The van der Waals surface area contributed by atoms with Crippen LogP contribution >= 0.6 is 0 Å². The topological polar surface area (TPSA) is 52.1 Å². The van der Waals surface area contributed by atoms with Gasteiger partial charge >= 0.3 is 0 Å². The van der Waals surface area contributed by atoms with Crippen LogP contribution in [0.2, 0.25) is 0 Å². The van der Waals surface area contributed by atoms with Gasteiger partial charge in [-0.15, -0.1) is 0 Å². The van der Waals surface area contributed by atoms with Gasteiger partial charge in [-0.1, -0.05) is 133 Å². The van der Waals surface area contributed by atoms with E-state index in [-0.39, 0.29) is 0 Å². The van der Waals surface area contributed by atoms with E-state index in [1.54, 1.807) is 0 Å². The molecule has 0 bridgehead atoms. The first kappa shape index (κ1) is 31.9. The van der Waals surface area contributed by atoms with E-state index in [0.29, 0.717) is 5.82 Å². The van der Waals surface area contributed by atoms with Crippen LogP contribution in [0.5, 0.6) is 0 Å². The van der Waals surface area contributed by atoms with Gasteiger partial charge < -0.3 is 8.83 Å². The third-order valence-corrected chi connectivity index (χ3v) is 10.7. The van der Waals surface area contributed by atoms with Gasteiger partial charge in [-0.05, 0) is 94.0 Å². The summed E-state index contributed by atoms with van der Waals surface area (Å²) < 4.78 is 12.3. The molecule has 0 saturated heterocycles. The van der Waals surface area contributed by atoms with Crippen LogP contribution in [0, 0.1) is 0 Å². The fourth-order valence-electron chi connectivity index (χ4n) is 7.84. The maximum absolute atomic E-state index is 6.18. The monoisotopic (exact) mass is 716 g/mol. The molecule has 11 rings (SSSR count). The summed E-state index contributed by atoms with van der Waals surface area (Å²) in [4.78, 5) is 10.4. The van der Waals surface area contributed by atoms with Crippen molar-refractivity contribution in [3.63, 3.8) is 0 Å².